The zero-order valence-electron chi connectivity index (χ0n) is 11.9. The molecule has 0 bridgehead atoms. The van der Waals surface area contributed by atoms with E-state index >= 15 is 0 Å². The van der Waals surface area contributed by atoms with Crippen LogP contribution in [0.25, 0.3) is 0 Å². The topological polar surface area (TPSA) is 52.6 Å². The van der Waals surface area contributed by atoms with Gasteiger partial charge in [0.15, 0.2) is 0 Å². The molecule has 0 N–H and O–H groups in total. The van der Waals surface area contributed by atoms with Gasteiger partial charge in [-0.05, 0) is 24.7 Å². The third kappa shape index (κ3) is 3.71. The molecule has 0 heterocycles. The first kappa shape index (κ1) is 14.8. The molecule has 2 aliphatic carbocycles. The standard InChI is InChI=1S/C16H22O4/c1-4-11-6-13(11)15(17)19-8-10(3)9-20-16(18)14-7-12(14)5-2/h4-5,10-14H,1-2,6-9H2,3H3. The molecular weight excluding hydrogens is 256 g/mol. The molecule has 2 saturated carbocycles. The highest BCUT2D eigenvalue weighted by Gasteiger charge is 2.43. The lowest BCUT2D eigenvalue weighted by atomic mass is 10.2. The average Bonchev–Trinajstić information content (AvgIpc) is 3.34. The molecule has 4 atom stereocenters. The van der Waals surface area contributed by atoms with Crippen LogP contribution in [0.5, 0.6) is 0 Å². The number of carbonyl (C=O) groups is 2. The Balaban J connectivity index is 1.57. The second-order valence-corrected chi connectivity index (χ2v) is 5.85. The second-order valence-electron chi connectivity index (χ2n) is 5.85. The Morgan fingerprint density at radius 2 is 1.45 bits per heavy atom. The van der Waals surface area contributed by atoms with Crippen molar-refractivity contribution >= 4 is 11.9 Å². The van der Waals surface area contributed by atoms with Crippen molar-refractivity contribution in [1.29, 1.82) is 0 Å². The molecule has 0 saturated heterocycles. The third-order valence-corrected chi connectivity index (χ3v) is 3.91. The van der Waals surface area contributed by atoms with Gasteiger partial charge in [0.25, 0.3) is 0 Å². The van der Waals surface area contributed by atoms with E-state index in [1.807, 2.05) is 6.92 Å². The molecule has 0 amide bonds. The van der Waals surface area contributed by atoms with Crippen LogP contribution in [0.4, 0.5) is 0 Å². The van der Waals surface area contributed by atoms with Crippen molar-refractivity contribution in [2.75, 3.05) is 13.2 Å². The molecule has 4 unspecified atom stereocenters. The smallest absolute Gasteiger partial charge is 0.309 e. The number of ether oxygens (including phenoxy) is 2. The fourth-order valence-corrected chi connectivity index (χ4v) is 2.20. The van der Waals surface area contributed by atoms with Crippen molar-refractivity contribution in [3.8, 4) is 0 Å². The number of hydrogen-bond donors (Lipinski definition) is 0. The predicted octanol–water partition coefficient (Wildman–Crippen LogP) is 2.35. The normalized spacial score (nSPS) is 31.9. The summed E-state index contributed by atoms with van der Waals surface area (Å²) in [5.74, 6) is 0.223. The number of rotatable bonds is 8. The maximum Gasteiger partial charge on any atom is 0.309 e. The van der Waals surface area contributed by atoms with Crippen molar-refractivity contribution in [2.24, 2.45) is 29.6 Å². The first-order valence-corrected chi connectivity index (χ1v) is 7.15. The molecule has 0 radical (unpaired) electrons. The summed E-state index contributed by atoms with van der Waals surface area (Å²) in [5, 5.41) is 0. The van der Waals surface area contributed by atoms with E-state index in [4.69, 9.17) is 9.47 Å². The SMILES string of the molecule is C=CC1CC1C(=O)OCC(C)COC(=O)C1CC1C=C. The van der Waals surface area contributed by atoms with Gasteiger partial charge >= 0.3 is 11.9 Å². The van der Waals surface area contributed by atoms with Crippen LogP contribution in [0.1, 0.15) is 19.8 Å². The lowest BCUT2D eigenvalue weighted by Gasteiger charge is -2.12. The number of hydrogen-bond acceptors (Lipinski definition) is 4. The molecule has 110 valence electrons. The highest BCUT2D eigenvalue weighted by molar-refractivity contribution is 5.76. The van der Waals surface area contributed by atoms with Crippen LogP contribution < -0.4 is 0 Å². The maximum atomic E-state index is 11.6. The second kappa shape index (κ2) is 6.25. The summed E-state index contributed by atoms with van der Waals surface area (Å²) in [7, 11) is 0. The molecule has 2 rings (SSSR count). The largest absolute Gasteiger partial charge is 0.465 e. The van der Waals surface area contributed by atoms with E-state index in [1.165, 1.54) is 0 Å². The molecule has 0 aromatic rings. The fourth-order valence-electron chi connectivity index (χ4n) is 2.20. The van der Waals surface area contributed by atoms with Crippen molar-refractivity contribution < 1.29 is 19.1 Å². The van der Waals surface area contributed by atoms with Crippen LogP contribution >= 0.6 is 0 Å². The summed E-state index contributed by atoms with van der Waals surface area (Å²) in [4.78, 5) is 23.3. The van der Waals surface area contributed by atoms with Crippen LogP contribution in [-0.2, 0) is 19.1 Å². The van der Waals surface area contributed by atoms with E-state index in [0.29, 0.717) is 13.2 Å². The third-order valence-electron chi connectivity index (χ3n) is 3.91. The van der Waals surface area contributed by atoms with Gasteiger partial charge in [-0.2, -0.15) is 0 Å². The molecule has 4 nitrogen and oxygen atoms in total. The molecule has 2 aliphatic rings. The highest BCUT2D eigenvalue weighted by Crippen LogP contribution is 2.41. The van der Waals surface area contributed by atoms with Crippen LogP contribution in [0.15, 0.2) is 25.3 Å². The minimum absolute atomic E-state index is 0.0120. The Kier molecular flexibility index (Phi) is 4.63. The Labute approximate surface area is 119 Å². The minimum Gasteiger partial charge on any atom is -0.465 e. The fraction of sp³-hybridized carbons (Fsp3) is 0.625. The zero-order valence-corrected chi connectivity index (χ0v) is 11.9. The lowest BCUT2D eigenvalue weighted by molar-refractivity contribution is -0.150. The van der Waals surface area contributed by atoms with Gasteiger partial charge in [0.1, 0.15) is 0 Å². The van der Waals surface area contributed by atoms with E-state index in [-0.39, 0.29) is 41.5 Å². The average molecular weight is 278 g/mol. The molecule has 2 fully saturated rings. The van der Waals surface area contributed by atoms with Gasteiger partial charge in [-0.3, -0.25) is 9.59 Å². The Hall–Kier alpha value is -1.58. The van der Waals surface area contributed by atoms with Crippen molar-refractivity contribution in [2.45, 2.75) is 19.8 Å². The van der Waals surface area contributed by atoms with E-state index in [1.54, 1.807) is 12.2 Å². The molecule has 0 aliphatic heterocycles. The summed E-state index contributed by atoms with van der Waals surface area (Å²) in [6.07, 6.45) is 5.28. The summed E-state index contributed by atoms with van der Waals surface area (Å²) in [6, 6.07) is 0. The number of allylic oxidation sites excluding steroid dienone is 2. The van der Waals surface area contributed by atoms with Gasteiger partial charge in [0.2, 0.25) is 0 Å². The monoisotopic (exact) mass is 278 g/mol. The molecule has 4 heteroatoms. The Morgan fingerprint density at radius 1 is 1.05 bits per heavy atom. The zero-order chi connectivity index (χ0) is 14.7. The minimum atomic E-state index is -0.165. The Bertz CT molecular complexity index is 377. The number of esters is 2. The van der Waals surface area contributed by atoms with Gasteiger partial charge in [-0.15, -0.1) is 13.2 Å². The van der Waals surface area contributed by atoms with Gasteiger partial charge in [-0.1, -0.05) is 19.1 Å². The van der Waals surface area contributed by atoms with Gasteiger partial charge in [-0.25, -0.2) is 0 Å². The van der Waals surface area contributed by atoms with Crippen molar-refractivity contribution in [3.63, 3.8) is 0 Å². The Morgan fingerprint density at radius 3 is 1.75 bits per heavy atom. The first-order chi connectivity index (χ1) is 9.56. The van der Waals surface area contributed by atoms with E-state index in [9.17, 15) is 9.59 Å². The summed E-state index contributed by atoms with van der Waals surface area (Å²) in [6.45, 7) is 9.81. The quantitative estimate of drug-likeness (QED) is 0.505. The van der Waals surface area contributed by atoms with Crippen molar-refractivity contribution in [3.05, 3.63) is 25.3 Å². The van der Waals surface area contributed by atoms with E-state index in [0.717, 1.165) is 12.8 Å². The van der Waals surface area contributed by atoms with Crippen molar-refractivity contribution in [1.82, 2.24) is 0 Å². The van der Waals surface area contributed by atoms with Gasteiger partial charge in [0, 0.05) is 5.92 Å². The van der Waals surface area contributed by atoms with Crippen LogP contribution in [0, 0.1) is 29.6 Å². The van der Waals surface area contributed by atoms with E-state index in [2.05, 4.69) is 13.2 Å². The maximum absolute atomic E-state index is 11.6. The molecule has 0 aromatic carbocycles. The van der Waals surface area contributed by atoms with Gasteiger partial charge < -0.3 is 9.47 Å². The molecule has 0 aromatic heterocycles. The molecular formula is C16H22O4. The predicted molar refractivity (Wildman–Crippen MR) is 74.7 cm³/mol. The van der Waals surface area contributed by atoms with Crippen LogP contribution in [0.3, 0.4) is 0 Å². The van der Waals surface area contributed by atoms with E-state index < -0.39 is 0 Å². The summed E-state index contributed by atoms with van der Waals surface area (Å²) >= 11 is 0. The molecule has 20 heavy (non-hydrogen) atoms. The molecule has 0 spiro atoms. The highest BCUT2D eigenvalue weighted by atomic mass is 16.5. The lowest BCUT2D eigenvalue weighted by Crippen LogP contribution is -2.20. The summed E-state index contributed by atoms with van der Waals surface area (Å²) < 4.78 is 10.4. The van der Waals surface area contributed by atoms with Crippen LogP contribution in [-0.4, -0.2) is 25.2 Å². The van der Waals surface area contributed by atoms with Gasteiger partial charge in [0.05, 0.1) is 25.0 Å². The summed E-state index contributed by atoms with van der Waals surface area (Å²) in [5.41, 5.74) is 0. The first-order valence-electron chi connectivity index (χ1n) is 7.15. The van der Waals surface area contributed by atoms with Crippen LogP contribution in [0.2, 0.25) is 0 Å². The number of carbonyl (C=O) groups excluding carboxylic acids is 2.